The molecular formula is C13H25F3N2O2. The second kappa shape index (κ2) is 8.46. The molecule has 0 rings (SSSR count). The van der Waals surface area contributed by atoms with E-state index in [0.29, 0.717) is 19.5 Å². The molecule has 20 heavy (non-hydrogen) atoms. The van der Waals surface area contributed by atoms with E-state index in [4.69, 9.17) is 4.74 Å². The van der Waals surface area contributed by atoms with Crippen LogP contribution in [0.5, 0.6) is 0 Å². The minimum Gasteiger partial charge on any atom is -0.465 e. The molecule has 0 aromatic heterocycles. The third-order valence-corrected chi connectivity index (χ3v) is 3.06. The summed E-state index contributed by atoms with van der Waals surface area (Å²) in [6, 6.07) is 0. The van der Waals surface area contributed by atoms with Gasteiger partial charge in [0.25, 0.3) is 0 Å². The Balaban J connectivity index is 4.36. The van der Waals surface area contributed by atoms with Crippen LogP contribution in [0.25, 0.3) is 0 Å². The van der Waals surface area contributed by atoms with Gasteiger partial charge in [0.1, 0.15) is 5.54 Å². The summed E-state index contributed by atoms with van der Waals surface area (Å²) in [4.78, 5) is 13.5. The molecule has 0 fully saturated rings. The SMILES string of the molecule is CCNC(C)(CCN(C)CCC(F)(F)F)C(=O)OCC. The lowest BCUT2D eigenvalue weighted by Crippen LogP contribution is -2.52. The maximum absolute atomic E-state index is 12.1. The number of alkyl halides is 3. The summed E-state index contributed by atoms with van der Waals surface area (Å²) in [5.74, 6) is -0.369. The summed E-state index contributed by atoms with van der Waals surface area (Å²) in [5, 5.41) is 3.05. The van der Waals surface area contributed by atoms with Crippen molar-refractivity contribution in [2.24, 2.45) is 0 Å². The van der Waals surface area contributed by atoms with Gasteiger partial charge in [-0.3, -0.25) is 4.79 Å². The van der Waals surface area contributed by atoms with Crippen LogP contribution in [-0.4, -0.2) is 55.9 Å². The largest absolute Gasteiger partial charge is 0.465 e. The average Bonchev–Trinajstić information content (AvgIpc) is 2.33. The molecule has 0 radical (unpaired) electrons. The van der Waals surface area contributed by atoms with E-state index in [1.54, 1.807) is 25.8 Å². The van der Waals surface area contributed by atoms with Crippen LogP contribution in [0.1, 0.15) is 33.6 Å². The molecule has 7 heteroatoms. The summed E-state index contributed by atoms with van der Waals surface area (Å²) < 4.78 is 41.4. The van der Waals surface area contributed by atoms with Gasteiger partial charge in [-0.05, 0) is 33.9 Å². The van der Waals surface area contributed by atoms with Gasteiger partial charge in [0.05, 0.1) is 13.0 Å². The summed E-state index contributed by atoms with van der Waals surface area (Å²) in [6.07, 6.45) is -4.60. The van der Waals surface area contributed by atoms with E-state index < -0.39 is 18.1 Å². The highest BCUT2D eigenvalue weighted by atomic mass is 19.4. The topological polar surface area (TPSA) is 41.6 Å². The molecule has 1 unspecified atom stereocenters. The summed E-state index contributed by atoms with van der Waals surface area (Å²) in [5.41, 5.74) is -0.864. The van der Waals surface area contributed by atoms with Gasteiger partial charge in [-0.1, -0.05) is 6.92 Å². The molecule has 4 nitrogen and oxygen atoms in total. The molecule has 0 spiro atoms. The van der Waals surface area contributed by atoms with Gasteiger partial charge in [0.15, 0.2) is 0 Å². The van der Waals surface area contributed by atoms with E-state index in [2.05, 4.69) is 5.32 Å². The molecule has 0 saturated carbocycles. The number of hydrogen-bond acceptors (Lipinski definition) is 4. The third kappa shape index (κ3) is 7.69. The molecule has 0 aliphatic carbocycles. The molecule has 120 valence electrons. The predicted molar refractivity (Wildman–Crippen MR) is 71.5 cm³/mol. The van der Waals surface area contributed by atoms with Crippen molar-refractivity contribution in [3.8, 4) is 0 Å². The quantitative estimate of drug-likeness (QED) is 0.663. The van der Waals surface area contributed by atoms with Gasteiger partial charge in [0.2, 0.25) is 0 Å². The van der Waals surface area contributed by atoms with E-state index in [1.165, 1.54) is 0 Å². The highest BCUT2D eigenvalue weighted by Crippen LogP contribution is 2.20. The van der Waals surface area contributed by atoms with Crippen LogP contribution >= 0.6 is 0 Å². The molecular weight excluding hydrogens is 273 g/mol. The Morgan fingerprint density at radius 2 is 1.75 bits per heavy atom. The first-order valence-electron chi connectivity index (χ1n) is 6.82. The molecule has 0 aliphatic heterocycles. The Bertz CT molecular complexity index is 298. The summed E-state index contributed by atoms with van der Waals surface area (Å²) in [6.45, 7) is 6.48. The van der Waals surface area contributed by atoms with Gasteiger partial charge in [-0.15, -0.1) is 0 Å². The first-order chi connectivity index (χ1) is 9.14. The average molecular weight is 298 g/mol. The number of likely N-dealkylation sites (N-methyl/N-ethyl adjacent to an activating group) is 1. The van der Waals surface area contributed by atoms with Gasteiger partial charge >= 0.3 is 12.1 Å². The summed E-state index contributed by atoms with van der Waals surface area (Å²) >= 11 is 0. The Morgan fingerprint density at radius 1 is 1.20 bits per heavy atom. The first kappa shape index (κ1) is 19.2. The number of ether oxygens (including phenoxy) is 1. The zero-order chi connectivity index (χ0) is 15.8. The first-order valence-corrected chi connectivity index (χ1v) is 6.82. The fourth-order valence-electron chi connectivity index (χ4n) is 1.79. The zero-order valence-corrected chi connectivity index (χ0v) is 12.6. The minimum atomic E-state index is -4.15. The van der Waals surface area contributed by atoms with Gasteiger partial charge in [-0.2, -0.15) is 13.2 Å². The van der Waals surface area contributed by atoms with E-state index >= 15 is 0 Å². The minimum absolute atomic E-state index is 0.0749. The predicted octanol–water partition coefficient (Wildman–Crippen LogP) is 2.19. The Hall–Kier alpha value is -0.820. The van der Waals surface area contributed by atoms with Crippen molar-refractivity contribution in [1.82, 2.24) is 10.2 Å². The normalized spacial score (nSPS) is 15.2. The van der Waals surface area contributed by atoms with Crippen LogP contribution in [0, 0.1) is 0 Å². The fraction of sp³-hybridized carbons (Fsp3) is 0.923. The number of nitrogens with one attached hydrogen (secondary N) is 1. The van der Waals surface area contributed by atoms with Gasteiger partial charge < -0.3 is 15.0 Å². The Morgan fingerprint density at radius 3 is 2.20 bits per heavy atom. The van der Waals surface area contributed by atoms with Crippen LogP contribution in [-0.2, 0) is 9.53 Å². The van der Waals surface area contributed by atoms with Crippen molar-refractivity contribution in [1.29, 1.82) is 0 Å². The zero-order valence-electron chi connectivity index (χ0n) is 12.6. The van der Waals surface area contributed by atoms with E-state index in [1.807, 2.05) is 6.92 Å². The number of carbonyl (C=O) groups excluding carboxylic acids is 1. The monoisotopic (exact) mass is 298 g/mol. The smallest absolute Gasteiger partial charge is 0.390 e. The lowest BCUT2D eigenvalue weighted by molar-refractivity contribution is -0.151. The van der Waals surface area contributed by atoms with E-state index in [9.17, 15) is 18.0 Å². The van der Waals surface area contributed by atoms with E-state index in [0.717, 1.165) is 0 Å². The third-order valence-electron chi connectivity index (χ3n) is 3.06. The van der Waals surface area contributed by atoms with Crippen molar-refractivity contribution in [2.75, 3.05) is 33.3 Å². The lowest BCUT2D eigenvalue weighted by atomic mass is 9.97. The van der Waals surface area contributed by atoms with Crippen LogP contribution < -0.4 is 5.32 Å². The van der Waals surface area contributed by atoms with Crippen molar-refractivity contribution in [3.63, 3.8) is 0 Å². The number of nitrogens with zero attached hydrogens (tertiary/aromatic N) is 1. The molecule has 0 aliphatic rings. The second-order valence-corrected chi connectivity index (χ2v) is 5.00. The fourth-order valence-corrected chi connectivity index (χ4v) is 1.79. The summed E-state index contributed by atoms with van der Waals surface area (Å²) in [7, 11) is 1.61. The lowest BCUT2D eigenvalue weighted by Gasteiger charge is -2.30. The number of rotatable bonds is 9. The molecule has 1 N–H and O–H groups in total. The van der Waals surface area contributed by atoms with Crippen LogP contribution in [0.4, 0.5) is 13.2 Å². The molecule has 0 saturated heterocycles. The molecule has 0 heterocycles. The molecule has 0 aromatic carbocycles. The van der Waals surface area contributed by atoms with Crippen LogP contribution in [0.3, 0.4) is 0 Å². The highest BCUT2D eigenvalue weighted by molar-refractivity contribution is 5.80. The van der Waals surface area contributed by atoms with Gasteiger partial charge in [0, 0.05) is 13.1 Å². The second-order valence-electron chi connectivity index (χ2n) is 5.00. The highest BCUT2D eigenvalue weighted by Gasteiger charge is 2.34. The Labute approximate surface area is 118 Å². The number of hydrogen-bond donors (Lipinski definition) is 1. The van der Waals surface area contributed by atoms with Crippen molar-refractivity contribution < 1.29 is 22.7 Å². The molecule has 0 bridgehead atoms. The maximum Gasteiger partial charge on any atom is 0.390 e. The van der Waals surface area contributed by atoms with Crippen molar-refractivity contribution in [3.05, 3.63) is 0 Å². The molecule has 1 atom stereocenters. The standard InChI is InChI=1S/C13H25F3N2O2/c1-5-17-12(3,11(19)20-6-2)7-9-18(4)10-8-13(14,15)16/h17H,5-10H2,1-4H3. The van der Waals surface area contributed by atoms with Crippen molar-refractivity contribution in [2.45, 2.75) is 45.3 Å². The number of halogens is 3. The molecule has 0 aromatic rings. The molecule has 0 amide bonds. The van der Waals surface area contributed by atoms with Gasteiger partial charge in [-0.25, -0.2) is 0 Å². The maximum atomic E-state index is 12.1. The number of esters is 1. The van der Waals surface area contributed by atoms with Crippen LogP contribution in [0.15, 0.2) is 0 Å². The van der Waals surface area contributed by atoms with Crippen molar-refractivity contribution >= 4 is 5.97 Å². The van der Waals surface area contributed by atoms with Crippen LogP contribution in [0.2, 0.25) is 0 Å². The van der Waals surface area contributed by atoms with E-state index in [-0.39, 0.29) is 19.1 Å². The Kier molecular flexibility index (Phi) is 8.12. The number of carbonyl (C=O) groups is 1.